The SMILES string of the molecule is CCN1CCN(c2ccc(NC(=O)/C=C/c3ccc(Cl)cc3)cc2)CC1. The van der Waals surface area contributed by atoms with Crippen LogP contribution in [0.2, 0.25) is 5.02 Å². The van der Waals surface area contributed by atoms with Crippen LogP contribution in [0.4, 0.5) is 11.4 Å². The van der Waals surface area contributed by atoms with Gasteiger partial charge in [0.25, 0.3) is 0 Å². The first-order chi connectivity index (χ1) is 12.6. The molecule has 1 amide bonds. The number of halogens is 1. The Morgan fingerprint density at radius 2 is 1.69 bits per heavy atom. The summed E-state index contributed by atoms with van der Waals surface area (Å²) in [6, 6.07) is 15.4. The summed E-state index contributed by atoms with van der Waals surface area (Å²) in [5.41, 5.74) is 2.94. The third kappa shape index (κ3) is 5.10. The second-order valence-electron chi connectivity index (χ2n) is 6.34. The summed E-state index contributed by atoms with van der Waals surface area (Å²) < 4.78 is 0. The van der Waals surface area contributed by atoms with E-state index in [1.54, 1.807) is 18.2 Å². The van der Waals surface area contributed by atoms with Crippen LogP contribution in [0.5, 0.6) is 0 Å². The Bertz CT molecular complexity index is 748. The number of nitrogens with zero attached hydrogens (tertiary/aromatic N) is 2. The van der Waals surface area contributed by atoms with E-state index < -0.39 is 0 Å². The molecule has 0 spiro atoms. The lowest BCUT2D eigenvalue weighted by Gasteiger charge is -2.35. The molecule has 0 aromatic heterocycles. The zero-order valence-corrected chi connectivity index (χ0v) is 15.7. The van der Waals surface area contributed by atoms with Gasteiger partial charge < -0.3 is 15.1 Å². The number of hydrogen-bond donors (Lipinski definition) is 1. The van der Waals surface area contributed by atoms with Crippen LogP contribution in [0.3, 0.4) is 0 Å². The Morgan fingerprint density at radius 1 is 1.04 bits per heavy atom. The van der Waals surface area contributed by atoms with Gasteiger partial charge in [0, 0.05) is 48.7 Å². The minimum atomic E-state index is -0.149. The lowest BCUT2D eigenvalue weighted by atomic mass is 10.2. The smallest absolute Gasteiger partial charge is 0.248 e. The van der Waals surface area contributed by atoms with Gasteiger partial charge in [-0.1, -0.05) is 30.7 Å². The molecule has 136 valence electrons. The number of anilines is 2. The lowest BCUT2D eigenvalue weighted by Crippen LogP contribution is -2.46. The fourth-order valence-corrected chi connectivity index (χ4v) is 3.13. The minimum absolute atomic E-state index is 0.149. The van der Waals surface area contributed by atoms with Crippen molar-refractivity contribution < 1.29 is 4.79 Å². The summed E-state index contributed by atoms with van der Waals surface area (Å²) in [6.07, 6.45) is 3.30. The number of rotatable bonds is 5. The predicted octanol–water partition coefficient (Wildman–Crippen LogP) is 4.13. The Hall–Kier alpha value is -2.30. The molecule has 0 atom stereocenters. The maximum Gasteiger partial charge on any atom is 0.248 e. The summed E-state index contributed by atoms with van der Waals surface area (Å²) in [6.45, 7) is 7.61. The van der Waals surface area contributed by atoms with Crippen molar-refractivity contribution >= 4 is 35.0 Å². The first kappa shape index (κ1) is 18.5. The monoisotopic (exact) mass is 369 g/mol. The summed E-state index contributed by atoms with van der Waals surface area (Å²) >= 11 is 5.86. The Labute approximate surface area is 160 Å². The van der Waals surface area contributed by atoms with Gasteiger partial charge in [0.15, 0.2) is 0 Å². The van der Waals surface area contributed by atoms with Gasteiger partial charge in [-0.3, -0.25) is 4.79 Å². The molecule has 1 fully saturated rings. The largest absolute Gasteiger partial charge is 0.369 e. The highest BCUT2D eigenvalue weighted by molar-refractivity contribution is 6.30. The molecule has 1 saturated heterocycles. The van der Waals surface area contributed by atoms with E-state index in [4.69, 9.17) is 11.6 Å². The number of carbonyl (C=O) groups is 1. The van der Waals surface area contributed by atoms with Gasteiger partial charge >= 0.3 is 0 Å². The quantitative estimate of drug-likeness (QED) is 0.805. The van der Waals surface area contributed by atoms with Crippen LogP contribution in [-0.2, 0) is 4.79 Å². The zero-order chi connectivity index (χ0) is 18.4. The summed E-state index contributed by atoms with van der Waals surface area (Å²) in [5.74, 6) is -0.149. The Balaban J connectivity index is 1.53. The highest BCUT2D eigenvalue weighted by Gasteiger charge is 2.15. The standard InChI is InChI=1S/C21H24ClN3O/c1-2-24-13-15-25(16-14-24)20-10-8-19(9-11-20)23-21(26)12-5-17-3-6-18(22)7-4-17/h3-12H,2,13-16H2,1H3,(H,23,26)/b12-5+. The van der Waals surface area contributed by atoms with Crippen LogP contribution in [0, 0.1) is 0 Å². The summed E-state index contributed by atoms with van der Waals surface area (Å²) in [5, 5.41) is 3.57. The molecule has 5 heteroatoms. The molecular formula is C21H24ClN3O. The van der Waals surface area contributed by atoms with Crippen LogP contribution in [-0.4, -0.2) is 43.5 Å². The maximum absolute atomic E-state index is 12.1. The van der Waals surface area contributed by atoms with Crippen molar-refractivity contribution in [3.05, 3.63) is 65.2 Å². The molecule has 0 bridgehead atoms. The average molecular weight is 370 g/mol. The number of amides is 1. The van der Waals surface area contributed by atoms with Gasteiger partial charge in [0.1, 0.15) is 0 Å². The molecule has 3 rings (SSSR count). The number of piperazine rings is 1. The van der Waals surface area contributed by atoms with Crippen molar-refractivity contribution in [1.29, 1.82) is 0 Å². The van der Waals surface area contributed by atoms with Gasteiger partial charge in [0.05, 0.1) is 0 Å². The highest BCUT2D eigenvalue weighted by atomic mass is 35.5. The lowest BCUT2D eigenvalue weighted by molar-refractivity contribution is -0.111. The van der Waals surface area contributed by atoms with E-state index >= 15 is 0 Å². The third-order valence-corrected chi connectivity index (χ3v) is 4.87. The summed E-state index contributed by atoms with van der Waals surface area (Å²) in [7, 11) is 0. The van der Waals surface area contributed by atoms with Gasteiger partial charge in [-0.15, -0.1) is 0 Å². The Morgan fingerprint density at radius 3 is 2.31 bits per heavy atom. The number of benzene rings is 2. The van der Waals surface area contributed by atoms with Gasteiger partial charge in [0.2, 0.25) is 5.91 Å². The molecule has 4 nitrogen and oxygen atoms in total. The van der Waals surface area contributed by atoms with Gasteiger partial charge in [-0.25, -0.2) is 0 Å². The normalized spacial score (nSPS) is 15.4. The third-order valence-electron chi connectivity index (χ3n) is 4.62. The molecule has 1 aliphatic rings. The van der Waals surface area contributed by atoms with Crippen molar-refractivity contribution in [3.8, 4) is 0 Å². The number of hydrogen-bond acceptors (Lipinski definition) is 3. The van der Waals surface area contributed by atoms with Gasteiger partial charge in [-0.2, -0.15) is 0 Å². The van der Waals surface area contributed by atoms with E-state index in [1.165, 1.54) is 11.8 Å². The first-order valence-electron chi connectivity index (χ1n) is 8.96. The number of likely N-dealkylation sites (N-methyl/N-ethyl adjacent to an activating group) is 1. The first-order valence-corrected chi connectivity index (χ1v) is 9.34. The molecule has 26 heavy (non-hydrogen) atoms. The molecule has 2 aromatic carbocycles. The van der Waals surface area contributed by atoms with E-state index in [0.29, 0.717) is 5.02 Å². The number of nitrogens with one attached hydrogen (secondary N) is 1. The number of carbonyl (C=O) groups excluding carboxylic acids is 1. The molecule has 2 aromatic rings. The molecule has 1 N–H and O–H groups in total. The van der Waals surface area contributed by atoms with E-state index in [-0.39, 0.29) is 5.91 Å². The molecular weight excluding hydrogens is 346 g/mol. The van der Waals surface area contributed by atoms with Crippen molar-refractivity contribution in [2.24, 2.45) is 0 Å². The van der Waals surface area contributed by atoms with Crippen LogP contribution in [0.25, 0.3) is 6.08 Å². The molecule has 1 heterocycles. The average Bonchev–Trinajstić information content (AvgIpc) is 2.68. The fourth-order valence-electron chi connectivity index (χ4n) is 3.01. The van der Waals surface area contributed by atoms with E-state index in [9.17, 15) is 4.79 Å². The molecule has 0 aliphatic carbocycles. The molecule has 1 aliphatic heterocycles. The van der Waals surface area contributed by atoms with Crippen LogP contribution in [0.1, 0.15) is 12.5 Å². The zero-order valence-electron chi connectivity index (χ0n) is 15.0. The van der Waals surface area contributed by atoms with E-state index in [1.807, 2.05) is 24.3 Å². The second-order valence-corrected chi connectivity index (χ2v) is 6.78. The van der Waals surface area contributed by atoms with Crippen molar-refractivity contribution in [2.45, 2.75) is 6.92 Å². The second kappa shape index (κ2) is 8.88. The van der Waals surface area contributed by atoms with Crippen LogP contribution < -0.4 is 10.2 Å². The van der Waals surface area contributed by atoms with Crippen molar-refractivity contribution in [2.75, 3.05) is 42.9 Å². The van der Waals surface area contributed by atoms with E-state index in [2.05, 4.69) is 34.2 Å². The molecule has 0 saturated carbocycles. The van der Waals surface area contributed by atoms with E-state index in [0.717, 1.165) is 44.0 Å². The van der Waals surface area contributed by atoms with Crippen LogP contribution in [0.15, 0.2) is 54.6 Å². The maximum atomic E-state index is 12.1. The predicted molar refractivity (Wildman–Crippen MR) is 110 cm³/mol. The topological polar surface area (TPSA) is 35.6 Å². The minimum Gasteiger partial charge on any atom is -0.369 e. The molecule has 0 radical (unpaired) electrons. The molecule has 0 unspecified atom stereocenters. The van der Waals surface area contributed by atoms with Crippen molar-refractivity contribution in [1.82, 2.24) is 4.90 Å². The van der Waals surface area contributed by atoms with Crippen LogP contribution >= 0.6 is 11.6 Å². The Kier molecular flexibility index (Phi) is 6.31. The highest BCUT2D eigenvalue weighted by Crippen LogP contribution is 2.19. The van der Waals surface area contributed by atoms with Gasteiger partial charge in [-0.05, 0) is 54.6 Å². The fraction of sp³-hybridized carbons (Fsp3) is 0.286. The van der Waals surface area contributed by atoms with Crippen molar-refractivity contribution in [3.63, 3.8) is 0 Å². The summed E-state index contributed by atoms with van der Waals surface area (Å²) in [4.78, 5) is 16.9.